The molecule has 16 heavy (non-hydrogen) atoms. The molecule has 0 saturated heterocycles. The van der Waals surface area contributed by atoms with E-state index in [2.05, 4.69) is 11.4 Å². The molecule has 0 aromatic carbocycles. The van der Waals surface area contributed by atoms with Crippen LogP contribution in [0.2, 0.25) is 0 Å². The second kappa shape index (κ2) is 7.31. The smallest absolute Gasteiger partial charge is 0.321 e. The molecule has 2 amide bonds. The number of nitrogens with one attached hydrogen (secondary N) is 1. The Balaban J connectivity index is 2.26. The third-order valence-electron chi connectivity index (χ3n) is 3.28. The molecule has 1 N–H and O–H groups in total. The number of hydrogen-bond acceptors (Lipinski definition) is 1. The van der Waals surface area contributed by atoms with Crippen LogP contribution in [-0.4, -0.2) is 24.0 Å². The van der Waals surface area contributed by atoms with Gasteiger partial charge in [0, 0.05) is 19.3 Å². The minimum atomic E-state index is 0.0112. The molecule has 0 radical (unpaired) electrons. The van der Waals surface area contributed by atoms with Gasteiger partial charge in [0.15, 0.2) is 0 Å². The van der Waals surface area contributed by atoms with Crippen LogP contribution in [0.25, 0.3) is 0 Å². The predicted molar refractivity (Wildman–Crippen MR) is 67.2 cm³/mol. The second-order valence-electron chi connectivity index (χ2n) is 4.38. The van der Waals surface area contributed by atoms with Gasteiger partial charge in [-0.2, -0.15) is 0 Å². The Morgan fingerprint density at radius 3 is 2.44 bits per heavy atom. The van der Waals surface area contributed by atoms with Crippen LogP contribution in [0.15, 0.2) is 12.3 Å². The molecule has 0 aliphatic heterocycles. The van der Waals surface area contributed by atoms with Gasteiger partial charge >= 0.3 is 6.03 Å². The van der Waals surface area contributed by atoms with E-state index in [0.717, 1.165) is 13.1 Å². The first-order chi connectivity index (χ1) is 7.77. The molecule has 0 bridgehead atoms. The zero-order valence-corrected chi connectivity index (χ0v) is 10.5. The van der Waals surface area contributed by atoms with Crippen molar-refractivity contribution in [2.75, 3.05) is 13.1 Å². The third kappa shape index (κ3) is 4.25. The van der Waals surface area contributed by atoms with E-state index >= 15 is 0 Å². The van der Waals surface area contributed by atoms with E-state index < -0.39 is 0 Å². The summed E-state index contributed by atoms with van der Waals surface area (Å²) in [4.78, 5) is 13.4. The molecular formula is C13H24N2O. The van der Waals surface area contributed by atoms with Gasteiger partial charge in [-0.25, -0.2) is 4.79 Å². The fourth-order valence-corrected chi connectivity index (χ4v) is 2.18. The van der Waals surface area contributed by atoms with Crippen molar-refractivity contribution in [3.8, 4) is 0 Å². The lowest BCUT2D eigenvalue weighted by Crippen LogP contribution is -2.37. The zero-order valence-electron chi connectivity index (χ0n) is 10.5. The van der Waals surface area contributed by atoms with Crippen LogP contribution in [0, 0.1) is 5.92 Å². The van der Waals surface area contributed by atoms with E-state index in [0.29, 0.717) is 5.92 Å². The maximum Gasteiger partial charge on any atom is 0.321 e. The second-order valence-corrected chi connectivity index (χ2v) is 4.38. The van der Waals surface area contributed by atoms with E-state index in [9.17, 15) is 4.79 Å². The van der Waals surface area contributed by atoms with Gasteiger partial charge < -0.3 is 10.2 Å². The monoisotopic (exact) mass is 224 g/mol. The number of hydrogen-bond donors (Lipinski definition) is 1. The molecular weight excluding hydrogens is 200 g/mol. The van der Waals surface area contributed by atoms with Gasteiger partial charge in [0.25, 0.3) is 0 Å². The molecule has 0 aromatic heterocycles. The van der Waals surface area contributed by atoms with Gasteiger partial charge in [-0.1, -0.05) is 25.3 Å². The lowest BCUT2D eigenvalue weighted by Gasteiger charge is -2.19. The average molecular weight is 224 g/mol. The molecule has 1 saturated carbocycles. The first-order valence-electron chi connectivity index (χ1n) is 6.50. The number of urea groups is 1. The Bertz CT molecular complexity index is 228. The minimum Gasteiger partial charge on any atom is -0.325 e. The van der Waals surface area contributed by atoms with Crippen molar-refractivity contribution < 1.29 is 4.79 Å². The van der Waals surface area contributed by atoms with Gasteiger partial charge in [-0.3, -0.25) is 0 Å². The van der Waals surface area contributed by atoms with Gasteiger partial charge in [-0.15, -0.1) is 0 Å². The molecule has 0 atom stereocenters. The zero-order chi connectivity index (χ0) is 11.8. The molecule has 92 valence electrons. The molecule has 0 heterocycles. The van der Waals surface area contributed by atoms with Crippen LogP contribution in [-0.2, 0) is 0 Å². The Labute approximate surface area is 98.9 Å². The molecule has 0 spiro atoms. The summed E-state index contributed by atoms with van der Waals surface area (Å²) in [7, 11) is 0. The summed E-state index contributed by atoms with van der Waals surface area (Å²) in [6.45, 7) is 5.51. The van der Waals surface area contributed by atoms with Crippen LogP contribution in [0.5, 0.6) is 0 Å². The van der Waals surface area contributed by atoms with Crippen molar-refractivity contribution in [2.45, 2.75) is 46.0 Å². The number of carbonyl (C=O) groups excluding carboxylic acids is 1. The molecule has 0 aromatic rings. The van der Waals surface area contributed by atoms with E-state index in [1.54, 1.807) is 4.90 Å². The van der Waals surface area contributed by atoms with Crippen molar-refractivity contribution in [3.05, 3.63) is 12.3 Å². The van der Waals surface area contributed by atoms with Crippen molar-refractivity contribution in [3.63, 3.8) is 0 Å². The molecule has 3 nitrogen and oxygen atoms in total. The van der Waals surface area contributed by atoms with E-state index in [-0.39, 0.29) is 6.03 Å². The fraction of sp³-hybridized carbons (Fsp3) is 0.769. The number of amides is 2. The normalized spacial score (nSPS) is 17.6. The highest BCUT2D eigenvalue weighted by atomic mass is 16.2. The summed E-state index contributed by atoms with van der Waals surface area (Å²) in [5, 5.41) is 2.84. The largest absolute Gasteiger partial charge is 0.325 e. The summed E-state index contributed by atoms with van der Waals surface area (Å²) in [6, 6.07) is 0.0112. The number of rotatable bonds is 4. The van der Waals surface area contributed by atoms with Crippen molar-refractivity contribution in [1.29, 1.82) is 0 Å². The molecule has 1 aliphatic rings. The fourth-order valence-electron chi connectivity index (χ4n) is 2.18. The van der Waals surface area contributed by atoms with Crippen LogP contribution in [0.3, 0.4) is 0 Å². The summed E-state index contributed by atoms with van der Waals surface area (Å²) < 4.78 is 0. The molecule has 3 heteroatoms. The SMILES string of the molecule is CCN(CC)C(=O)N/C=C/C1CCCCC1. The summed E-state index contributed by atoms with van der Waals surface area (Å²) in [5.74, 6) is 0.672. The summed E-state index contributed by atoms with van der Waals surface area (Å²) in [6.07, 6.45) is 10.6. The quantitative estimate of drug-likeness (QED) is 0.781. The average Bonchev–Trinajstić information content (AvgIpc) is 2.32. The van der Waals surface area contributed by atoms with Crippen molar-refractivity contribution >= 4 is 6.03 Å². The van der Waals surface area contributed by atoms with Gasteiger partial charge in [0.05, 0.1) is 0 Å². The highest BCUT2D eigenvalue weighted by Crippen LogP contribution is 2.24. The van der Waals surface area contributed by atoms with Gasteiger partial charge in [-0.05, 0) is 32.6 Å². The van der Waals surface area contributed by atoms with E-state index in [4.69, 9.17) is 0 Å². The summed E-state index contributed by atoms with van der Waals surface area (Å²) >= 11 is 0. The number of allylic oxidation sites excluding steroid dienone is 1. The standard InChI is InChI=1S/C13H24N2O/c1-3-15(4-2)13(16)14-11-10-12-8-6-5-7-9-12/h10-12H,3-9H2,1-2H3,(H,14,16)/b11-10+. The topological polar surface area (TPSA) is 32.3 Å². The molecule has 1 rings (SSSR count). The highest BCUT2D eigenvalue weighted by Gasteiger charge is 2.10. The first kappa shape index (κ1) is 13.1. The van der Waals surface area contributed by atoms with Crippen LogP contribution in [0.4, 0.5) is 4.79 Å². The van der Waals surface area contributed by atoms with Crippen LogP contribution < -0.4 is 5.32 Å². The Morgan fingerprint density at radius 2 is 1.88 bits per heavy atom. The third-order valence-corrected chi connectivity index (χ3v) is 3.28. The van der Waals surface area contributed by atoms with Gasteiger partial charge in [0.2, 0.25) is 0 Å². The Kier molecular flexibility index (Phi) is 5.98. The minimum absolute atomic E-state index is 0.0112. The number of nitrogens with zero attached hydrogens (tertiary/aromatic N) is 1. The predicted octanol–water partition coefficient (Wildman–Crippen LogP) is 3.13. The van der Waals surface area contributed by atoms with Gasteiger partial charge in [0.1, 0.15) is 0 Å². The molecule has 1 fully saturated rings. The van der Waals surface area contributed by atoms with E-state index in [1.165, 1.54) is 32.1 Å². The Hall–Kier alpha value is -0.990. The number of carbonyl (C=O) groups is 1. The molecule has 0 unspecified atom stereocenters. The van der Waals surface area contributed by atoms with Crippen LogP contribution in [0.1, 0.15) is 46.0 Å². The maximum absolute atomic E-state index is 11.6. The lowest BCUT2D eigenvalue weighted by atomic mass is 9.89. The Morgan fingerprint density at radius 1 is 1.25 bits per heavy atom. The van der Waals surface area contributed by atoms with Crippen molar-refractivity contribution in [2.24, 2.45) is 5.92 Å². The molecule has 1 aliphatic carbocycles. The van der Waals surface area contributed by atoms with Crippen LogP contribution >= 0.6 is 0 Å². The maximum atomic E-state index is 11.6. The van der Waals surface area contributed by atoms with E-state index in [1.807, 2.05) is 20.0 Å². The first-order valence-corrected chi connectivity index (χ1v) is 6.50. The summed E-state index contributed by atoms with van der Waals surface area (Å²) in [5.41, 5.74) is 0. The lowest BCUT2D eigenvalue weighted by molar-refractivity contribution is 0.207. The highest BCUT2D eigenvalue weighted by molar-refractivity contribution is 5.75. The van der Waals surface area contributed by atoms with Crippen molar-refractivity contribution in [1.82, 2.24) is 10.2 Å².